The van der Waals surface area contributed by atoms with Crippen molar-refractivity contribution in [3.05, 3.63) is 65.8 Å². The van der Waals surface area contributed by atoms with Gasteiger partial charge in [0.1, 0.15) is 0 Å². The van der Waals surface area contributed by atoms with Gasteiger partial charge in [-0.25, -0.2) is 0 Å². The summed E-state index contributed by atoms with van der Waals surface area (Å²) in [5, 5.41) is 4.16. The Morgan fingerprint density at radius 3 is 2.85 bits per heavy atom. The van der Waals surface area contributed by atoms with E-state index in [2.05, 4.69) is 15.1 Å². The van der Waals surface area contributed by atoms with Gasteiger partial charge in [-0.1, -0.05) is 35.5 Å². The van der Waals surface area contributed by atoms with Gasteiger partial charge in [-0.2, -0.15) is 4.98 Å². The molecule has 1 atom stereocenters. The second kappa shape index (κ2) is 7.70. The molecule has 4 rings (SSSR count). The van der Waals surface area contributed by atoms with Crippen molar-refractivity contribution in [2.24, 2.45) is 0 Å². The van der Waals surface area contributed by atoms with Crippen LogP contribution in [0.2, 0.25) is 0 Å². The molecule has 1 aliphatic rings. The van der Waals surface area contributed by atoms with Crippen LogP contribution in [0.4, 0.5) is 0 Å². The number of carbonyl (C=O) groups excluding carboxylic acids is 1. The van der Waals surface area contributed by atoms with Crippen LogP contribution in [-0.4, -0.2) is 39.0 Å². The van der Waals surface area contributed by atoms with Crippen LogP contribution in [0.1, 0.15) is 35.9 Å². The van der Waals surface area contributed by atoms with Crippen LogP contribution in [0.15, 0.2) is 53.2 Å². The van der Waals surface area contributed by atoms with Gasteiger partial charge >= 0.3 is 0 Å². The number of amides is 1. The maximum absolute atomic E-state index is 12.3. The van der Waals surface area contributed by atoms with Gasteiger partial charge in [-0.3, -0.25) is 9.78 Å². The SMILES string of the molecule is Cc1ccccc1-c1noc([C@H]2CCC(=O)N(CCc3ccccn3)C2)n1. The van der Waals surface area contributed by atoms with Crippen LogP contribution < -0.4 is 0 Å². The minimum atomic E-state index is 0.0803. The van der Waals surface area contributed by atoms with Crippen LogP contribution in [0.3, 0.4) is 0 Å². The lowest BCUT2D eigenvalue weighted by Gasteiger charge is -2.30. The van der Waals surface area contributed by atoms with Gasteiger partial charge in [-0.15, -0.1) is 0 Å². The summed E-state index contributed by atoms with van der Waals surface area (Å²) in [7, 11) is 0. The number of aryl methyl sites for hydroxylation is 1. The van der Waals surface area contributed by atoms with Gasteiger partial charge in [0.2, 0.25) is 17.6 Å². The highest BCUT2D eigenvalue weighted by atomic mass is 16.5. The molecule has 6 nitrogen and oxygen atoms in total. The monoisotopic (exact) mass is 362 g/mol. The van der Waals surface area contributed by atoms with Crippen molar-refractivity contribution < 1.29 is 9.32 Å². The van der Waals surface area contributed by atoms with E-state index < -0.39 is 0 Å². The molecule has 0 aliphatic carbocycles. The number of rotatable bonds is 5. The third-order valence-corrected chi connectivity index (χ3v) is 5.04. The first-order chi connectivity index (χ1) is 13.2. The molecular weight excluding hydrogens is 340 g/mol. The minimum Gasteiger partial charge on any atom is -0.342 e. The number of nitrogens with zero attached hydrogens (tertiary/aromatic N) is 4. The molecule has 1 fully saturated rings. The quantitative estimate of drug-likeness (QED) is 0.696. The molecular formula is C21H22N4O2. The lowest BCUT2D eigenvalue weighted by molar-refractivity contribution is -0.133. The lowest BCUT2D eigenvalue weighted by Crippen LogP contribution is -2.40. The van der Waals surface area contributed by atoms with Crippen molar-refractivity contribution in [3.8, 4) is 11.4 Å². The average Bonchev–Trinajstić information content (AvgIpc) is 3.18. The van der Waals surface area contributed by atoms with E-state index in [9.17, 15) is 4.79 Å². The summed E-state index contributed by atoms with van der Waals surface area (Å²) in [5.74, 6) is 1.49. The van der Waals surface area contributed by atoms with Gasteiger partial charge < -0.3 is 9.42 Å². The molecule has 1 aliphatic heterocycles. The maximum atomic E-state index is 12.3. The number of piperidine rings is 1. The summed E-state index contributed by atoms with van der Waals surface area (Å²) >= 11 is 0. The van der Waals surface area contributed by atoms with E-state index in [0.29, 0.717) is 31.2 Å². The number of pyridine rings is 1. The molecule has 27 heavy (non-hydrogen) atoms. The molecule has 0 spiro atoms. The predicted molar refractivity (Wildman–Crippen MR) is 101 cm³/mol. The zero-order valence-corrected chi connectivity index (χ0v) is 15.3. The summed E-state index contributed by atoms with van der Waals surface area (Å²) < 4.78 is 5.55. The van der Waals surface area contributed by atoms with E-state index >= 15 is 0 Å². The standard InChI is InChI=1S/C21H22N4O2/c1-15-6-2-3-8-18(15)20-23-21(27-24-20)16-9-10-19(26)25(14-16)13-11-17-7-4-5-12-22-17/h2-8,12,16H,9-11,13-14H2,1H3/t16-/m0/s1. The third kappa shape index (κ3) is 3.89. The zero-order chi connectivity index (χ0) is 18.6. The summed E-state index contributed by atoms with van der Waals surface area (Å²) in [6, 6.07) is 13.8. The highest BCUT2D eigenvalue weighted by Crippen LogP contribution is 2.29. The van der Waals surface area contributed by atoms with Crippen molar-refractivity contribution in [2.45, 2.75) is 32.1 Å². The summed E-state index contributed by atoms with van der Waals surface area (Å²) in [6.45, 7) is 3.30. The molecule has 0 saturated carbocycles. The van der Waals surface area contributed by atoms with Crippen molar-refractivity contribution >= 4 is 5.91 Å². The predicted octanol–water partition coefficient (Wildman–Crippen LogP) is 3.39. The van der Waals surface area contributed by atoms with E-state index in [-0.39, 0.29) is 11.8 Å². The molecule has 3 aromatic rings. The topological polar surface area (TPSA) is 72.1 Å². The van der Waals surface area contributed by atoms with Gasteiger partial charge in [0.25, 0.3) is 0 Å². The molecule has 1 amide bonds. The van der Waals surface area contributed by atoms with E-state index in [1.807, 2.05) is 54.3 Å². The first-order valence-electron chi connectivity index (χ1n) is 9.28. The Labute approximate surface area is 158 Å². The fourth-order valence-electron chi connectivity index (χ4n) is 3.46. The minimum absolute atomic E-state index is 0.0803. The molecule has 0 N–H and O–H groups in total. The number of carbonyl (C=O) groups is 1. The molecule has 0 unspecified atom stereocenters. The van der Waals surface area contributed by atoms with E-state index in [1.54, 1.807) is 6.20 Å². The fourth-order valence-corrected chi connectivity index (χ4v) is 3.46. The van der Waals surface area contributed by atoms with Crippen LogP contribution >= 0.6 is 0 Å². The molecule has 6 heteroatoms. The highest BCUT2D eigenvalue weighted by molar-refractivity contribution is 5.77. The maximum Gasteiger partial charge on any atom is 0.231 e. The van der Waals surface area contributed by atoms with Crippen molar-refractivity contribution in [1.82, 2.24) is 20.0 Å². The van der Waals surface area contributed by atoms with Crippen LogP contribution in [0.25, 0.3) is 11.4 Å². The average molecular weight is 362 g/mol. The van der Waals surface area contributed by atoms with Crippen LogP contribution in [-0.2, 0) is 11.2 Å². The van der Waals surface area contributed by atoms with E-state index in [0.717, 1.165) is 29.7 Å². The summed E-state index contributed by atoms with van der Waals surface area (Å²) in [6.07, 6.45) is 3.78. The number of likely N-dealkylation sites (tertiary alicyclic amines) is 1. The molecule has 0 radical (unpaired) electrons. The molecule has 3 heterocycles. The van der Waals surface area contributed by atoms with Gasteiger partial charge in [0, 0.05) is 43.4 Å². The smallest absolute Gasteiger partial charge is 0.231 e. The Balaban J connectivity index is 1.45. The largest absolute Gasteiger partial charge is 0.342 e. The van der Waals surface area contributed by atoms with Gasteiger partial charge in [0.05, 0.1) is 5.92 Å². The Bertz CT molecular complexity index is 923. The Morgan fingerprint density at radius 1 is 1.19 bits per heavy atom. The van der Waals surface area contributed by atoms with Gasteiger partial charge in [0.15, 0.2) is 0 Å². The van der Waals surface area contributed by atoms with Crippen LogP contribution in [0.5, 0.6) is 0 Å². The Hall–Kier alpha value is -3.02. The first kappa shape index (κ1) is 17.4. The molecule has 0 bridgehead atoms. The number of benzene rings is 1. The van der Waals surface area contributed by atoms with Crippen molar-refractivity contribution in [2.75, 3.05) is 13.1 Å². The van der Waals surface area contributed by atoms with Crippen molar-refractivity contribution in [3.63, 3.8) is 0 Å². The Kier molecular flexibility index (Phi) is 4.96. The molecule has 1 aromatic carbocycles. The Morgan fingerprint density at radius 2 is 2.04 bits per heavy atom. The zero-order valence-electron chi connectivity index (χ0n) is 15.3. The molecule has 1 saturated heterocycles. The molecule has 2 aromatic heterocycles. The number of hydrogen-bond donors (Lipinski definition) is 0. The lowest BCUT2D eigenvalue weighted by atomic mass is 9.97. The van der Waals surface area contributed by atoms with E-state index in [4.69, 9.17) is 4.52 Å². The number of hydrogen-bond acceptors (Lipinski definition) is 5. The normalized spacial score (nSPS) is 17.3. The van der Waals surface area contributed by atoms with Crippen molar-refractivity contribution in [1.29, 1.82) is 0 Å². The third-order valence-electron chi connectivity index (χ3n) is 5.04. The highest BCUT2D eigenvalue weighted by Gasteiger charge is 2.30. The second-order valence-electron chi connectivity index (χ2n) is 6.92. The van der Waals surface area contributed by atoms with Crippen LogP contribution in [0, 0.1) is 6.92 Å². The fraction of sp³-hybridized carbons (Fsp3) is 0.333. The van der Waals surface area contributed by atoms with Gasteiger partial charge in [-0.05, 0) is 31.0 Å². The second-order valence-corrected chi connectivity index (χ2v) is 6.92. The summed E-state index contributed by atoms with van der Waals surface area (Å²) in [4.78, 5) is 23.1. The molecule has 138 valence electrons. The first-order valence-corrected chi connectivity index (χ1v) is 9.28. The van der Waals surface area contributed by atoms with E-state index in [1.165, 1.54) is 0 Å². The number of aromatic nitrogens is 3. The summed E-state index contributed by atoms with van der Waals surface area (Å²) in [5.41, 5.74) is 3.08.